The Labute approximate surface area is 174 Å². The molecule has 1 saturated carbocycles. The van der Waals surface area contributed by atoms with Gasteiger partial charge in [-0.25, -0.2) is 0 Å². The first-order valence-electron chi connectivity index (χ1n) is 9.50. The molecule has 1 aliphatic rings. The van der Waals surface area contributed by atoms with Crippen LogP contribution in [0.3, 0.4) is 0 Å². The number of nitriles is 1. The lowest BCUT2D eigenvalue weighted by Crippen LogP contribution is -2.50. The number of thioether (sulfide) groups is 1. The summed E-state index contributed by atoms with van der Waals surface area (Å²) in [4.78, 5) is 14.4. The van der Waals surface area contributed by atoms with Gasteiger partial charge in [-0.15, -0.1) is 10.2 Å². The lowest BCUT2D eigenvalue weighted by Gasteiger charge is -2.39. The second kappa shape index (κ2) is 8.97. The molecule has 1 aromatic heterocycles. The first-order chi connectivity index (χ1) is 13.5. The van der Waals surface area contributed by atoms with E-state index in [1.54, 1.807) is 11.9 Å². The number of carbonyl (C=O) groups is 1. The lowest BCUT2D eigenvalue weighted by molar-refractivity contribution is -0.131. The molecule has 28 heavy (non-hydrogen) atoms. The smallest absolute Gasteiger partial charge is 0.234 e. The minimum Gasteiger partial charge on any atom is -0.326 e. The highest BCUT2D eigenvalue weighted by Gasteiger charge is 2.38. The molecular weight excluding hydrogens is 394 g/mol. The minimum absolute atomic E-state index is 0.0489. The van der Waals surface area contributed by atoms with E-state index in [-0.39, 0.29) is 11.7 Å². The monoisotopic (exact) mass is 417 g/mol. The number of amides is 1. The molecule has 2 aromatic rings. The Hall–Kier alpha value is -2.04. The molecule has 8 heteroatoms. The van der Waals surface area contributed by atoms with Crippen LogP contribution in [-0.4, -0.2) is 43.9 Å². The normalized spacial score (nSPS) is 15.8. The van der Waals surface area contributed by atoms with Gasteiger partial charge < -0.3 is 9.47 Å². The van der Waals surface area contributed by atoms with Crippen LogP contribution in [0.4, 0.5) is 0 Å². The molecule has 1 aliphatic carbocycles. The van der Waals surface area contributed by atoms with Crippen LogP contribution in [0, 0.1) is 11.3 Å². The fourth-order valence-electron chi connectivity index (χ4n) is 3.61. The van der Waals surface area contributed by atoms with Crippen LogP contribution in [0.15, 0.2) is 29.4 Å². The van der Waals surface area contributed by atoms with Crippen LogP contribution in [0.2, 0.25) is 5.02 Å². The molecule has 0 aliphatic heterocycles. The van der Waals surface area contributed by atoms with Crippen molar-refractivity contribution in [2.24, 2.45) is 0 Å². The molecule has 148 valence electrons. The quantitative estimate of drug-likeness (QED) is 0.651. The Bertz CT molecular complexity index is 868. The van der Waals surface area contributed by atoms with Crippen molar-refractivity contribution in [2.45, 2.75) is 56.3 Å². The van der Waals surface area contributed by atoms with E-state index in [2.05, 4.69) is 16.3 Å². The number of benzene rings is 1. The van der Waals surface area contributed by atoms with Crippen LogP contribution in [0.25, 0.3) is 11.4 Å². The van der Waals surface area contributed by atoms with E-state index in [9.17, 15) is 10.1 Å². The molecule has 1 fully saturated rings. The molecule has 3 rings (SSSR count). The minimum atomic E-state index is -0.664. The molecule has 0 radical (unpaired) electrons. The number of rotatable bonds is 6. The van der Waals surface area contributed by atoms with Crippen molar-refractivity contribution < 1.29 is 4.79 Å². The standard InChI is InChI=1S/C20H24ClN5OS/c1-3-26-18(15-7-9-16(21)10-8-15)23-24-19(26)28-13-17(27)25(2)20(14-22)11-5-4-6-12-20/h7-10H,3-6,11-13H2,1-2H3. The summed E-state index contributed by atoms with van der Waals surface area (Å²) in [6.45, 7) is 2.72. The van der Waals surface area contributed by atoms with E-state index in [1.165, 1.54) is 11.8 Å². The van der Waals surface area contributed by atoms with Crippen molar-refractivity contribution in [3.63, 3.8) is 0 Å². The highest BCUT2D eigenvalue weighted by Crippen LogP contribution is 2.33. The molecule has 0 saturated heterocycles. The second-order valence-electron chi connectivity index (χ2n) is 7.00. The zero-order valence-corrected chi connectivity index (χ0v) is 17.8. The van der Waals surface area contributed by atoms with Crippen molar-refractivity contribution in [1.82, 2.24) is 19.7 Å². The van der Waals surface area contributed by atoms with Gasteiger partial charge in [0.05, 0.1) is 11.8 Å². The first-order valence-corrected chi connectivity index (χ1v) is 10.9. The number of aromatic nitrogens is 3. The Morgan fingerprint density at radius 1 is 1.29 bits per heavy atom. The van der Waals surface area contributed by atoms with E-state index in [1.807, 2.05) is 35.8 Å². The van der Waals surface area contributed by atoms with Crippen molar-refractivity contribution in [3.05, 3.63) is 29.3 Å². The molecule has 6 nitrogen and oxygen atoms in total. The fourth-order valence-corrected chi connectivity index (χ4v) is 4.66. The Morgan fingerprint density at radius 3 is 2.57 bits per heavy atom. The molecule has 0 atom stereocenters. The van der Waals surface area contributed by atoms with Crippen molar-refractivity contribution in [1.29, 1.82) is 5.26 Å². The van der Waals surface area contributed by atoms with Crippen LogP contribution < -0.4 is 0 Å². The maximum Gasteiger partial charge on any atom is 0.234 e. The van der Waals surface area contributed by atoms with Gasteiger partial charge in [-0.2, -0.15) is 5.26 Å². The molecule has 0 unspecified atom stereocenters. The summed E-state index contributed by atoms with van der Waals surface area (Å²) in [5.74, 6) is 0.939. The SMILES string of the molecule is CCn1c(SCC(=O)N(C)C2(C#N)CCCCC2)nnc1-c1ccc(Cl)cc1. The van der Waals surface area contributed by atoms with Gasteiger partial charge >= 0.3 is 0 Å². The summed E-state index contributed by atoms with van der Waals surface area (Å²) in [5.41, 5.74) is 0.266. The summed E-state index contributed by atoms with van der Waals surface area (Å²) in [5, 5.41) is 19.6. The summed E-state index contributed by atoms with van der Waals surface area (Å²) in [7, 11) is 1.75. The predicted molar refractivity (Wildman–Crippen MR) is 111 cm³/mol. The Kier molecular flexibility index (Phi) is 6.63. The van der Waals surface area contributed by atoms with Gasteiger partial charge in [0, 0.05) is 24.2 Å². The van der Waals surface area contributed by atoms with E-state index in [0.29, 0.717) is 16.7 Å². The topological polar surface area (TPSA) is 74.8 Å². The van der Waals surface area contributed by atoms with E-state index in [0.717, 1.165) is 43.5 Å². The summed E-state index contributed by atoms with van der Waals surface area (Å²) in [6, 6.07) is 9.86. The largest absolute Gasteiger partial charge is 0.326 e. The molecular formula is C20H24ClN5OS. The predicted octanol–water partition coefficient (Wildman–Crippen LogP) is 4.40. The molecule has 1 aromatic carbocycles. The third-order valence-corrected chi connectivity index (χ3v) is 6.57. The summed E-state index contributed by atoms with van der Waals surface area (Å²) >= 11 is 7.33. The van der Waals surface area contributed by atoms with E-state index >= 15 is 0 Å². The van der Waals surface area contributed by atoms with Gasteiger partial charge in [-0.1, -0.05) is 42.6 Å². The van der Waals surface area contributed by atoms with Crippen LogP contribution >= 0.6 is 23.4 Å². The third kappa shape index (κ3) is 4.18. The van der Waals surface area contributed by atoms with Gasteiger partial charge in [0.25, 0.3) is 0 Å². The lowest BCUT2D eigenvalue weighted by atomic mass is 9.81. The number of halogens is 1. The number of nitrogens with zero attached hydrogens (tertiary/aromatic N) is 5. The average molecular weight is 418 g/mol. The number of carbonyl (C=O) groups excluding carboxylic acids is 1. The molecule has 1 amide bonds. The van der Waals surface area contributed by atoms with Gasteiger partial charge in [0.1, 0.15) is 5.54 Å². The zero-order chi connectivity index (χ0) is 20.1. The van der Waals surface area contributed by atoms with E-state index in [4.69, 9.17) is 11.6 Å². The number of hydrogen-bond acceptors (Lipinski definition) is 5. The summed E-state index contributed by atoms with van der Waals surface area (Å²) in [6.07, 6.45) is 4.62. The van der Waals surface area contributed by atoms with Gasteiger partial charge in [-0.05, 0) is 44.0 Å². The second-order valence-corrected chi connectivity index (χ2v) is 8.38. The highest BCUT2D eigenvalue weighted by atomic mass is 35.5. The van der Waals surface area contributed by atoms with E-state index < -0.39 is 5.54 Å². The first kappa shape index (κ1) is 20.7. The average Bonchev–Trinajstić information content (AvgIpc) is 3.15. The third-order valence-electron chi connectivity index (χ3n) is 5.37. The molecule has 1 heterocycles. The Morgan fingerprint density at radius 2 is 1.96 bits per heavy atom. The zero-order valence-electron chi connectivity index (χ0n) is 16.2. The maximum atomic E-state index is 12.8. The maximum absolute atomic E-state index is 12.8. The van der Waals surface area contributed by atoms with Crippen LogP contribution in [0.1, 0.15) is 39.0 Å². The molecule has 0 bridgehead atoms. The molecule has 0 N–H and O–H groups in total. The highest BCUT2D eigenvalue weighted by molar-refractivity contribution is 7.99. The van der Waals surface area contributed by atoms with Crippen LogP contribution in [0.5, 0.6) is 0 Å². The van der Waals surface area contributed by atoms with Gasteiger partial charge in [-0.3, -0.25) is 4.79 Å². The van der Waals surface area contributed by atoms with Crippen LogP contribution in [-0.2, 0) is 11.3 Å². The summed E-state index contributed by atoms with van der Waals surface area (Å²) < 4.78 is 1.99. The van der Waals surface area contributed by atoms with Crippen molar-refractivity contribution in [2.75, 3.05) is 12.8 Å². The van der Waals surface area contributed by atoms with Crippen molar-refractivity contribution >= 4 is 29.3 Å². The van der Waals surface area contributed by atoms with Gasteiger partial charge in [0.2, 0.25) is 5.91 Å². The number of hydrogen-bond donors (Lipinski definition) is 0. The Balaban J connectivity index is 1.71. The van der Waals surface area contributed by atoms with Crippen molar-refractivity contribution in [3.8, 4) is 17.5 Å². The van der Waals surface area contributed by atoms with Gasteiger partial charge in [0.15, 0.2) is 11.0 Å². The molecule has 0 spiro atoms. The fraction of sp³-hybridized carbons (Fsp3) is 0.500.